The van der Waals surface area contributed by atoms with Crippen molar-refractivity contribution in [2.75, 3.05) is 0 Å². The maximum atomic E-state index is 13.0. The molecule has 1 aliphatic rings. The molecule has 0 spiro atoms. The van der Waals surface area contributed by atoms with Crippen molar-refractivity contribution in [2.24, 2.45) is 5.92 Å². The molecule has 0 aliphatic heterocycles. The smallest absolute Gasteiger partial charge is 0.262 e. The summed E-state index contributed by atoms with van der Waals surface area (Å²) in [6, 6.07) is 10.3. The van der Waals surface area contributed by atoms with Crippen LogP contribution < -0.4 is 10.9 Å². The molecule has 2 atom stereocenters. The molecule has 1 aromatic carbocycles. The minimum absolute atomic E-state index is 0.0124. The monoisotopic (exact) mass is 409 g/mol. The number of rotatable bonds is 6. The van der Waals surface area contributed by atoms with Gasteiger partial charge in [0.05, 0.1) is 11.7 Å². The lowest BCUT2D eigenvalue weighted by Crippen LogP contribution is -2.37. The Hall–Kier alpha value is -2.47. The van der Waals surface area contributed by atoms with E-state index in [9.17, 15) is 9.59 Å². The summed E-state index contributed by atoms with van der Waals surface area (Å²) in [5.41, 5.74) is 2.33. The number of benzene rings is 1. The molecule has 0 bridgehead atoms. The van der Waals surface area contributed by atoms with Crippen LogP contribution in [0.3, 0.4) is 0 Å². The highest BCUT2D eigenvalue weighted by molar-refractivity contribution is 7.18. The van der Waals surface area contributed by atoms with Crippen molar-refractivity contribution in [2.45, 2.75) is 58.5 Å². The van der Waals surface area contributed by atoms with Gasteiger partial charge in [0.2, 0.25) is 5.91 Å². The molecule has 152 valence electrons. The maximum absolute atomic E-state index is 13.0. The topological polar surface area (TPSA) is 64.0 Å². The third kappa shape index (κ3) is 4.42. The van der Waals surface area contributed by atoms with Gasteiger partial charge in [-0.05, 0) is 56.1 Å². The molecule has 29 heavy (non-hydrogen) atoms. The predicted octanol–water partition coefficient (Wildman–Crippen LogP) is 3.72. The number of aryl methyl sites for hydroxylation is 2. The SMILES string of the molecule is C[C@H]1CCc2c(sc3ncn(CC(=O)N[C@@H](C)CCc4ccccc4)c(=O)c23)C1. The van der Waals surface area contributed by atoms with E-state index in [1.165, 1.54) is 21.3 Å². The Morgan fingerprint density at radius 3 is 2.93 bits per heavy atom. The molecule has 5 nitrogen and oxygen atoms in total. The number of carbonyl (C=O) groups is 1. The summed E-state index contributed by atoms with van der Waals surface area (Å²) in [6.07, 6.45) is 6.35. The van der Waals surface area contributed by atoms with Gasteiger partial charge in [-0.2, -0.15) is 0 Å². The van der Waals surface area contributed by atoms with E-state index >= 15 is 0 Å². The van der Waals surface area contributed by atoms with E-state index < -0.39 is 0 Å². The molecule has 3 aromatic rings. The second-order valence-electron chi connectivity index (χ2n) is 8.20. The van der Waals surface area contributed by atoms with Gasteiger partial charge in [0.1, 0.15) is 11.4 Å². The van der Waals surface area contributed by atoms with Crippen molar-refractivity contribution in [3.05, 3.63) is 63.0 Å². The molecular formula is C23H27N3O2S. The Kier molecular flexibility index (Phi) is 5.81. The molecule has 0 unspecified atom stereocenters. The second kappa shape index (κ2) is 8.49. The first-order valence-electron chi connectivity index (χ1n) is 10.3. The fourth-order valence-electron chi connectivity index (χ4n) is 4.05. The van der Waals surface area contributed by atoms with Gasteiger partial charge in [0.15, 0.2) is 0 Å². The van der Waals surface area contributed by atoms with Crippen molar-refractivity contribution >= 4 is 27.5 Å². The molecule has 4 rings (SSSR count). The van der Waals surface area contributed by atoms with Crippen molar-refractivity contribution in [1.29, 1.82) is 0 Å². The highest BCUT2D eigenvalue weighted by Crippen LogP contribution is 2.35. The van der Waals surface area contributed by atoms with E-state index in [1.54, 1.807) is 11.3 Å². The number of hydrogen-bond acceptors (Lipinski definition) is 4. The van der Waals surface area contributed by atoms with Crippen molar-refractivity contribution in [3.63, 3.8) is 0 Å². The number of nitrogens with zero attached hydrogens (tertiary/aromatic N) is 2. The number of hydrogen-bond donors (Lipinski definition) is 1. The van der Waals surface area contributed by atoms with Crippen LogP contribution in [0.1, 0.15) is 42.7 Å². The van der Waals surface area contributed by atoms with E-state index in [0.29, 0.717) is 5.92 Å². The molecule has 2 heterocycles. The van der Waals surface area contributed by atoms with Crippen LogP contribution in [0.2, 0.25) is 0 Å². The molecule has 2 aromatic heterocycles. The number of aromatic nitrogens is 2. The van der Waals surface area contributed by atoms with Crippen molar-refractivity contribution in [3.8, 4) is 0 Å². The zero-order valence-corrected chi connectivity index (χ0v) is 17.8. The van der Waals surface area contributed by atoms with E-state index in [2.05, 4.69) is 29.4 Å². The molecule has 1 amide bonds. The number of carbonyl (C=O) groups excluding carboxylic acids is 1. The van der Waals surface area contributed by atoms with Crippen LogP contribution in [-0.2, 0) is 30.6 Å². The Morgan fingerprint density at radius 2 is 2.14 bits per heavy atom. The van der Waals surface area contributed by atoms with E-state index in [1.807, 2.05) is 25.1 Å². The lowest BCUT2D eigenvalue weighted by atomic mass is 9.89. The molecular weight excluding hydrogens is 382 g/mol. The molecule has 0 radical (unpaired) electrons. The summed E-state index contributed by atoms with van der Waals surface area (Å²) in [4.78, 5) is 32.1. The van der Waals surface area contributed by atoms with Gasteiger partial charge in [0, 0.05) is 10.9 Å². The molecule has 0 fully saturated rings. The number of amides is 1. The van der Waals surface area contributed by atoms with Crippen molar-refractivity contribution < 1.29 is 4.79 Å². The molecule has 6 heteroatoms. The molecule has 1 aliphatic carbocycles. The van der Waals surface area contributed by atoms with Gasteiger partial charge in [-0.15, -0.1) is 11.3 Å². The molecule has 1 N–H and O–H groups in total. The first kappa shape index (κ1) is 19.8. The van der Waals surface area contributed by atoms with Crippen LogP contribution in [0.4, 0.5) is 0 Å². The number of nitrogens with one attached hydrogen (secondary N) is 1. The average molecular weight is 410 g/mol. The summed E-state index contributed by atoms with van der Waals surface area (Å²) in [6.45, 7) is 4.27. The van der Waals surface area contributed by atoms with E-state index in [4.69, 9.17) is 0 Å². The van der Waals surface area contributed by atoms with Gasteiger partial charge >= 0.3 is 0 Å². The van der Waals surface area contributed by atoms with Gasteiger partial charge < -0.3 is 5.32 Å². The lowest BCUT2D eigenvalue weighted by Gasteiger charge is -2.17. The lowest BCUT2D eigenvalue weighted by molar-refractivity contribution is -0.122. The summed E-state index contributed by atoms with van der Waals surface area (Å²) >= 11 is 1.64. The van der Waals surface area contributed by atoms with Crippen LogP contribution in [0.15, 0.2) is 41.5 Å². The third-order valence-corrected chi connectivity index (χ3v) is 6.87. The fraction of sp³-hybridized carbons (Fsp3) is 0.435. The fourth-order valence-corrected chi connectivity index (χ4v) is 5.39. The third-order valence-electron chi connectivity index (χ3n) is 5.71. The van der Waals surface area contributed by atoms with E-state index in [-0.39, 0.29) is 24.1 Å². The van der Waals surface area contributed by atoms with Gasteiger partial charge in [-0.1, -0.05) is 37.3 Å². The predicted molar refractivity (Wildman–Crippen MR) is 117 cm³/mol. The van der Waals surface area contributed by atoms with E-state index in [0.717, 1.165) is 47.9 Å². The van der Waals surface area contributed by atoms with Gasteiger partial charge in [0.25, 0.3) is 5.56 Å². The van der Waals surface area contributed by atoms with Crippen LogP contribution in [-0.4, -0.2) is 21.5 Å². The zero-order valence-electron chi connectivity index (χ0n) is 17.0. The van der Waals surface area contributed by atoms with Crippen LogP contribution in [0.5, 0.6) is 0 Å². The minimum Gasteiger partial charge on any atom is -0.352 e. The normalized spacial score (nSPS) is 17.1. The first-order valence-corrected chi connectivity index (χ1v) is 11.2. The number of fused-ring (bicyclic) bond motifs is 3. The zero-order chi connectivity index (χ0) is 20.4. The van der Waals surface area contributed by atoms with Gasteiger partial charge in [-0.3, -0.25) is 14.2 Å². The Balaban J connectivity index is 1.43. The minimum atomic E-state index is -0.147. The Bertz CT molecular complexity index is 1070. The summed E-state index contributed by atoms with van der Waals surface area (Å²) in [5, 5.41) is 3.74. The first-order chi connectivity index (χ1) is 14.0. The summed E-state index contributed by atoms with van der Waals surface area (Å²) in [7, 11) is 0. The quantitative estimate of drug-likeness (QED) is 0.675. The Labute approximate surface area is 174 Å². The second-order valence-corrected chi connectivity index (χ2v) is 9.29. The largest absolute Gasteiger partial charge is 0.352 e. The number of thiophene rings is 1. The standard InChI is InChI=1S/C23H27N3O2S/c1-15-8-11-18-19(12-15)29-22-21(18)23(28)26(14-24-22)13-20(27)25-16(2)9-10-17-6-4-3-5-7-17/h3-7,14-16H,8-13H2,1-2H3,(H,25,27)/t15-,16-/m0/s1. The average Bonchev–Trinajstić information content (AvgIpc) is 3.07. The Morgan fingerprint density at radius 1 is 1.34 bits per heavy atom. The summed E-state index contributed by atoms with van der Waals surface area (Å²) in [5.74, 6) is 0.507. The van der Waals surface area contributed by atoms with Gasteiger partial charge in [-0.25, -0.2) is 4.98 Å². The van der Waals surface area contributed by atoms with Crippen molar-refractivity contribution in [1.82, 2.24) is 14.9 Å². The summed E-state index contributed by atoms with van der Waals surface area (Å²) < 4.78 is 1.45. The molecule has 0 saturated heterocycles. The maximum Gasteiger partial charge on any atom is 0.262 e. The van der Waals surface area contributed by atoms with Crippen LogP contribution >= 0.6 is 11.3 Å². The highest BCUT2D eigenvalue weighted by Gasteiger charge is 2.23. The van der Waals surface area contributed by atoms with Crippen LogP contribution in [0.25, 0.3) is 10.2 Å². The molecule has 0 saturated carbocycles. The highest BCUT2D eigenvalue weighted by atomic mass is 32.1. The van der Waals surface area contributed by atoms with Crippen LogP contribution in [0, 0.1) is 5.92 Å².